The highest BCUT2D eigenvalue weighted by molar-refractivity contribution is 7.92. The van der Waals surface area contributed by atoms with Crippen molar-refractivity contribution >= 4 is 21.7 Å². The second kappa shape index (κ2) is 6.89. The number of anilines is 1. The molecule has 0 aliphatic rings. The van der Waals surface area contributed by atoms with Gasteiger partial charge in [-0.1, -0.05) is 18.2 Å². The van der Waals surface area contributed by atoms with E-state index in [0.717, 1.165) is 0 Å². The number of para-hydroxylation sites is 1. The van der Waals surface area contributed by atoms with E-state index in [9.17, 15) is 18.3 Å². The molecule has 1 heterocycles. The van der Waals surface area contributed by atoms with Crippen LogP contribution in [0.2, 0.25) is 0 Å². The maximum absolute atomic E-state index is 12.6. The van der Waals surface area contributed by atoms with Gasteiger partial charge in [0.1, 0.15) is 10.6 Å². The van der Waals surface area contributed by atoms with E-state index in [2.05, 4.69) is 9.82 Å². The number of aromatic carboxylic acids is 1. The van der Waals surface area contributed by atoms with E-state index in [0.29, 0.717) is 11.4 Å². The van der Waals surface area contributed by atoms with Crippen molar-refractivity contribution in [3.05, 3.63) is 66.5 Å². The fraction of sp³-hybridized carbons (Fsp3) is 0.0588. The number of sulfonamides is 1. The van der Waals surface area contributed by atoms with Crippen LogP contribution < -0.4 is 9.46 Å². The van der Waals surface area contributed by atoms with Gasteiger partial charge in [-0.3, -0.25) is 4.72 Å². The maximum Gasteiger partial charge on any atom is 0.337 e. The number of carboxylic acid groups (broad SMARTS) is 1. The SMILES string of the molecule is COc1ccc(C(=O)O)c(NS(=O)(=O)c2cnn(-c3ccccc3)c2)c1. The molecule has 3 aromatic rings. The molecule has 26 heavy (non-hydrogen) atoms. The van der Waals surface area contributed by atoms with E-state index in [1.807, 2.05) is 6.07 Å². The quantitative estimate of drug-likeness (QED) is 0.686. The first kappa shape index (κ1) is 17.5. The average Bonchev–Trinajstić information content (AvgIpc) is 3.13. The van der Waals surface area contributed by atoms with Crippen molar-refractivity contribution < 1.29 is 23.1 Å². The summed E-state index contributed by atoms with van der Waals surface area (Å²) in [5, 5.41) is 13.3. The van der Waals surface area contributed by atoms with Gasteiger partial charge in [-0.05, 0) is 24.3 Å². The average molecular weight is 373 g/mol. The fourth-order valence-corrected chi connectivity index (χ4v) is 3.29. The first-order chi connectivity index (χ1) is 12.4. The highest BCUT2D eigenvalue weighted by Gasteiger charge is 2.21. The van der Waals surface area contributed by atoms with E-state index in [1.165, 1.54) is 42.4 Å². The van der Waals surface area contributed by atoms with Crippen molar-refractivity contribution in [1.29, 1.82) is 0 Å². The van der Waals surface area contributed by atoms with Gasteiger partial charge >= 0.3 is 5.97 Å². The monoisotopic (exact) mass is 373 g/mol. The lowest BCUT2D eigenvalue weighted by molar-refractivity contribution is 0.0698. The Morgan fingerprint density at radius 2 is 1.92 bits per heavy atom. The lowest BCUT2D eigenvalue weighted by Gasteiger charge is -2.11. The molecule has 8 nitrogen and oxygen atoms in total. The Morgan fingerprint density at radius 1 is 1.19 bits per heavy atom. The standard InChI is InChI=1S/C17H15N3O5S/c1-25-13-7-8-15(17(21)22)16(9-13)19-26(23,24)14-10-18-20(11-14)12-5-3-2-4-6-12/h2-11,19H,1H3,(H,21,22). The Balaban J connectivity index is 1.95. The number of aromatic nitrogens is 2. The molecular weight excluding hydrogens is 358 g/mol. The third kappa shape index (κ3) is 3.52. The molecule has 0 bridgehead atoms. The zero-order valence-electron chi connectivity index (χ0n) is 13.7. The molecule has 0 aliphatic heterocycles. The van der Waals surface area contributed by atoms with Gasteiger partial charge in [0.05, 0.1) is 36.4 Å². The Hall–Kier alpha value is -3.33. The number of benzene rings is 2. The van der Waals surface area contributed by atoms with Crippen molar-refractivity contribution in [3.8, 4) is 11.4 Å². The number of carboxylic acids is 1. The van der Waals surface area contributed by atoms with Crippen molar-refractivity contribution in [3.63, 3.8) is 0 Å². The second-order valence-electron chi connectivity index (χ2n) is 5.28. The predicted molar refractivity (Wildman–Crippen MR) is 94.3 cm³/mol. The van der Waals surface area contributed by atoms with Crippen molar-refractivity contribution in [2.24, 2.45) is 0 Å². The number of nitrogens with zero attached hydrogens (tertiary/aromatic N) is 2. The summed E-state index contributed by atoms with van der Waals surface area (Å²) in [6.07, 6.45) is 2.54. The lowest BCUT2D eigenvalue weighted by Crippen LogP contribution is -2.15. The minimum atomic E-state index is -4.03. The maximum atomic E-state index is 12.6. The van der Waals surface area contributed by atoms with Crippen LogP contribution >= 0.6 is 0 Å². The predicted octanol–water partition coefficient (Wildman–Crippen LogP) is 2.38. The molecule has 0 saturated heterocycles. The highest BCUT2D eigenvalue weighted by atomic mass is 32.2. The van der Waals surface area contributed by atoms with Crippen LogP contribution in [-0.2, 0) is 10.0 Å². The number of ether oxygens (including phenoxy) is 1. The third-order valence-electron chi connectivity index (χ3n) is 3.59. The van der Waals surface area contributed by atoms with Gasteiger partial charge < -0.3 is 9.84 Å². The molecule has 0 radical (unpaired) electrons. The number of hydrogen-bond donors (Lipinski definition) is 2. The first-order valence-corrected chi connectivity index (χ1v) is 8.93. The zero-order chi connectivity index (χ0) is 18.7. The molecule has 0 fully saturated rings. The number of rotatable bonds is 6. The largest absolute Gasteiger partial charge is 0.497 e. The Morgan fingerprint density at radius 3 is 2.58 bits per heavy atom. The van der Waals surface area contributed by atoms with Crippen LogP contribution in [0.4, 0.5) is 5.69 Å². The smallest absolute Gasteiger partial charge is 0.337 e. The van der Waals surface area contributed by atoms with Crippen molar-refractivity contribution in [2.75, 3.05) is 11.8 Å². The number of carbonyl (C=O) groups is 1. The molecule has 134 valence electrons. The highest BCUT2D eigenvalue weighted by Crippen LogP contribution is 2.25. The summed E-state index contributed by atoms with van der Waals surface area (Å²) in [7, 11) is -2.63. The molecule has 0 atom stereocenters. The van der Waals surface area contributed by atoms with Gasteiger partial charge in [0.15, 0.2) is 0 Å². The van der Waals surface area contributed by atoms with Crippen LogP contribution in [0.5, 0.6) is 5.75 Å². The molecule has 0 spiro atoms. The third-order valence-corrected chi connectivity index (χ3v) is 4.91. The number of nitrogens with one attached hydrogen (secondary N) is 1. The minimum Gasteiger partial charge on any atom is -0.497 e. The minimum absolute atomic E-state index is 0.0932. The number of methoxy groups -OCH3 is 1. The van der Waals surface area contributed by atoms with Crippen molar-refractivity contribution in [2.45, 2.75) is 4.90 Å². The van der Waals surface area contributed by atoms with Crippen LogP contribution in [-0.4, -0.2) is 36.4 Å². The molecular formula is C17H15N3O5S. The normalized spacial score (nSPS) is 11.1. The zero-order valence-corrected chi connectivity index (χ0v) is 14.5. The van der Waals surface area contributed by atoms with Crippen LogP contribution in [0.25, 0.3) is 5.69 Å². The van der Waals surface area contributed by atoms with E-state index >= 15 is 0 Å². The molecule has 0 saturated carbocycles. The molecule has 2 aromatic carbocycles. The molecule has 0 unspecified atom stereocenters. The first-order valence-electron chi connectivity index (χ1n) is 7.45. The summed E-state index contributed by atoms with van der Waals surface area (Å²) in [6.45, 7) is 0. The molecule has 2 N–H and O–H groups in total. The van der Waals surface area contributed by atoms with E-state index in [4.69, 9.17) is 4.74 Å². The summed E-state index contributed by atoms with van der Waals surface area (Å²) in [5.41, 5.74) is 0.413. The summed E-state index contributed by atoms with van der Waals surface area (Å²) in [5.74, 6) is -0.932. The lowest BCUT2D eigenvalue weighted by atomic mass is 10.2. The molecule has 0 aliphatic carbocycles. The second-order valence-corrected chi connectivity index (χ2v) is 6.96. The fourth-order valence-electron chi connectivity index (χ4n) is 2.29. The molecule has 3 rings (SSSR count). The molecule has 1 aromatic heterocycles. The summed E-state index contributed by atoms with van der Waals surface area (Å²) < 4.78 is 34.0. The summed E-state index contributed by atoms with van der Waals surface area (Å²) in [4.78, 5) is 11.2. The molecule has 0 amide bonds. The molecule has 9 heteroatoms. The van der Waals surface area contributed by atoms with E-state index in [1.54, 1.807) is 24.3 Å². The van der Waals surface area contributed by atoms with Gasteiger partial charge in [-0.15, -0.1) is 0 Å². The van der Waals surface area contributed by atoms with Gasteiger partial charge in [-0.2, -0.15) is 5.10 Å². The topological polar surface area (TPSA) is 111 Å². The summed E-state index contributed by atoms with van der Waals surface area (Å²) >= 11 is 0. The van der Waals surface area contributed by atoms with Gasteiger partial charge in [0.25, 0.3) is 10.0 Å². The van der Waals surface area contributed by atoms with Gasteiger partial charge in [-0.25, -0.2) is 17.9 Å². The van der Waals surface area contributed by atoms with E-state index in [-0.39, 0.29) is 16.1 Å². The van der Waals surface area contributed by atoms with Gasteiger partial charge in [0.2, 0.25) is 0 Å². The van der Waals surface area contributed by atoms with Crippen LogP contribution in [0.15, 0.2) is 65.8 Å². The van der Waals surface area contributed by atoms with Crippen LogP contribution in [0, 0.1) is 0 Å². The van der Waals surface area contributed by atoms with Gasteiger partial charge in [0, 0.05) is 6.07 Å². The van der Waals surface area contributed by atoms with Crippen molar-refractivity contribution in [1.82, 2.24) is 9.78 Å². The summed E-state index contributed by atoms with van der Waals surface area (Å²) in [6, 6.07) is 13.0. The Bertz CT molecular complexity index is 1050. The van der Waals surface area contributed by atoms with E-state index < -0.39 is 16.0 Å². The number of hydrogen-bond acceptors (Lipinski definition) is 5. The van der Waals surface area contributed by atoms with Crippen LogP contribution in [0.1, 0.15) is 10.4 Å². The Labute approximate surface area is 149 Å². The Kier molecular flexibility index (Phi) is 4.63. The van der Waals surface area contributed by atoms with Crippen LogP contribution in [0.3, 0.4) is 0 Å².